The van der Waals surface area contributed by atoms with Crippen LogP contribution in [-0.4, -0.2) is 29.1 Å². The van der Waals surface area contributed by atoms with E-state index in [1.165, 1.54) is 0 Å². The van der Waals surface area contributed by atoms with Crippen LogP contribution < -0.4 is 10.6 Å². The molecule has 0 aromatic rings. The lowest BCUT2D eigenvalue weighted by molar-refractivity contribution is -0.138. The molecule has 6 nitrogen and oxygen atoms in total. The number of amides is 3. The number of carbonyl (C=O) groups is 3. The van der Waals surface area contributed by atoms with Gasteiger partial charge >= 0.3 is 12.0 Å². The van der Waals surface area contributed by atoms with Crippen molar-refractivity contribution in [3.05, 3.63) is 0 Å². The lowest BCUT2D eigenvalue weighted by Crippen LogP contribution is -2.49. The molecule has 0 aliphatic heterocycles. The SMILES string of the molecule is CC1CC(NC(=O)NC(=O)CCC(=O)O)C1. The highest BCUT2D eigenvalue weighted by atomic mass is 16.4. The molecule has 0 atom stereocenters. The van der Waals surface area contributed by atoms with E-state index in [0.29, 0.717) is 5.92 Å². The highest BCUT2D eigenvalue weighted by Gasteiger charge is 2.26. The van der Waals surface area contributed by atoms with Crippen molar-refractivity contribution in [1.29, 1.82) is 0 Å². The summed E-state index contributed by atoms with van der Waals surface area (Å²) >= 11 is 0. The molecule has 3 amide bonds. The molecular weight excluding hydrogens is 212 g/mol. The number of aliphatic carboxylic acids is 1. The van der Waals surface area contributed by atoms with Gasteiger partial charge < -0.3 is 10.4 Å². The molecular formula is C10H16N2O4. The lowest BCUT2D eigenvalue weighted by atomic mass is 9.82. The second-order valence-electron chi connectivity index (χ2n) is 4.19. The number of imide groups is 1. The standard InChI is InChI=1S/C10H16N2O4/c1-6-4-7(5-6)11-10(16)12-8(13)2-3-9(14)15/h6-7H,2-5H2,1H3,(H,14,15)(H2,11,12,13,16). The van der Waals surface area contributed by atoms with Crippen LogP contribution in [0.4, 0.5) is 4.79 Å². The molecule has 0 radical (unpaired) electrons. The first kappa shape index (κ1) is 12.5. The maximum absolute atomic E-state index is 11.2. The quantitative estimate of drug-likeness (QED) is 0.652. The highest BCUT2D eigenvalue weighted by Crippen LogP contribution is 2.25. The molecule has 1 saturated carbocycles. The Bertz CT molecular complexity index is 297. The highest BCUT2D eigenvalue weighted by molar-refractivity contribution is 5.95. The van der Waals surface area contributed by atoms with Gasteiger partial charge in [0.05, 0.1) is 6.42 Å². The fourth-order valence-corrected chi connectivity index (χ4v) is 1.65. The molecule has 6 heteroatoms. The van der Waals surface area contributed by atoms with Crippen LogP contribution in [0.5, 0.6) is 0 Å². The van der Waals surface area contributed by atoms with Crippen LogP contribution in [0.1, 0.15) is 32.6 Å². The Labute approximate surface area is 93.4 Å². The van der Waals surface area contributed by atoms with E-state index in [9.17, 15) is 14.4 Å². The second kappa shape index (κ2) is 5.48. The van der Waals surface area contributed by atoms with Gasteiger partial charge in [-0.05, 0) is 18.8 Å². The van der Waals surface area contributed by atoms with Crippen LogP contribution in [0.2, 0.25) is 0 Å². The van der Waals surface area contributed by atoms with Crippen molar-refractivity contribution in [1.82, 2.24) is 10.6 Å². The van der Waals surface area contributed by atoms with Crippen LogP contribution >= 0.6 is 0 Å². The van der Waals surface area contributed by atoms with Gasteiger partial charge in [-0.2, -0.15) is 0 Å². The Morgan fingerprint density at radius 2 is 1.88 bits per heavy atom. The lowest BCUT2D eigenvalue weighted by Gasteiger charge is -2.32. The summed E-state index contributed by atoms with van der Waals surface area (Å²) < 4.78 is 0. The third-order valence-corrected chi connectivity index (χ3v) is 2.53. The van der Waals surface area contributed by atoms with Crippen molar-refractivity contribution in [3.8, 4) is 0 Å². The zero-order valence-corrected chi connectivity index (χ0v) is 9.16. The normalized spacial score (nSPS) is 23.1. The number of carboxylic acid groups (broad SMARTS) is 1. The number of urea groups is 1. The van der Waals surface area contributed by atoms with E-state index in [1.54, 1.807) is 0 Å². The molecule has 0 heterocycles. The van der Waals surface area contributed by atoms with E-state index >= 15 is 0 Å². The first-order valence-electron chi connectivity index (χ1n) is 5.29. The topological polar surface area (TPSA) is 95.5 Å². The molecule has 16 heavy (non-hydrogen) atoms. The average Bonchev–Trinajstić information content (AvgIpc) is 2.12. The van der Waals surface area contributed by atoms with Gasteiger partial charge in [0.2, 0.25) is 5.91 Å². The molecule has 0 aromatic carbocycles. The van der Waals surface area contributed by atoms with Crippen LogP contribution in [0.25, 0.3) is 0 Å². The van der Waals surface area contributed by atoms with E-state index < -0.39 is 17.9 Å². The summed E-state index contributed by atoms with van der Waals surface area (Å²) in [5.41, 5.74) is 0. The Morgan fingerprint density at radius 3 is 2.38 bits per heavy atom. The van der Waals surface area contributed by atoms with Gasteiger partial charge in [0.15, 0.2) is 0 Å². The van der Waals surface area contributed by atoms with Crippen molar-refractivity contribution in [3.63, 3.8) is 0 Å². The molecule has 3 N–H and O–H groups in total. The van der Waals surface area contributed by atoms with Crippen molar-refractivity contribution in [2.24, 2.45) is 5.92 Å². The van der Waals surface area contributed by atoms with Crippen LogP contribution in [0.15, 0.2) is 0 Å². The van der Waals surface area contributed by atoms with Gasteiger partial charge in [0, 0.05) is 12.5 Å². The third kappa shape index (κ3) is 4.29. The van der Waals surface area contributed by atoms with Gasteiger partial charge in [0.25, 0.3) is 0 Å². The predicted octanol–water partition coefficient (Wildman–Crippen LogP) is 0.475. The van der Waals surface area contributed by atoms with Crippen LogP contribution in [-0.2, 0) is 9.59 Å². The molecule has 1 fully saturated rings. The summed E-state index contributed by atoms with van der Waals surface area (Å²) in [5.74, 6) is -0.997. The number of carbonyl (C=O) groups excluding carboxylic acids is 2. The summed E-state index contributed by atoms with van der Waals surface area (Å²) in [5, 5.41) is 13.1. The number of hydrogen-bond acceptors (Lipinski definition) is 3. The minimum atomic E-state index is -1.05. The first-order chi connectivity index (χ1) is 7.47. The molecule has 1 rings (SSSR count). The summed E-state index contributed by atoms with van der Waals surface area (Å²) in [6, 6.07) is -0.394. The number of carboxylic acids is 1. The molecule has 0 bridgehead atoms. The zero-order chi connectivity index (χ0) is 12.1. The van der Waals surface area contributed by atoms with Crippen molar-refractivity contribution in [2.75, 3.05) is 0 Å². The van der Waals surface area contributed by atoms with Gasteiger partial charge in [-0.25, -0.2) is 4.79 Å². The minimum absolute atomic E-state index is 0.141. The zero-order valence-electron chi connectivity index (χ0n) is 9.16. The second-order valence-corrected chi connectivity index (χ2v) is 4.19. The number of nitrogens with one attached hydrogen (secondary N) is 2. The fourth-order valence-electron chi connectivity index (χ4n) is 1.65. The number of hydrogen-bond donors (Lipinski definition) is 3. The predicted molar refractivity (Wildman–Crippen MR) is 55.7 cm³/mol. The number of rotatable bonds is 4. The molecule has 0 aromatic heterocycles. The molecule has 1 aliphatic carbocycles. The third-order valence-electron chi connectivity index (χ3n) is 2.53. The molecule has 0 unspecified atom stereocenters. The van der Waals surface area contributed by atoms with Gasteiger partial charge in [-0.15, -0.1) is 0 Å². The summed E-state index contributed by atoms with van der Waals surface area (Å²) in [7, 11) is 0. The van der Waals surface area contributed by atoms with E-state index in [1.807, 2.05) is 0 Å². The largest absolute Gasteiger partial charge is 0.481 e. The van der Waals surface area contributed by atoms with Gasteiger partial charge in [0.1, 0.15) is 0 Å². The maximum atomic E-state index is 11.2. The van der Waals surface area contributed by atoms with Gasteiger partial charge in [-0.1, -0.05) is 6.92 Å². The van der Waals surface area contributed by atoms with Crippen molar-refractivity contribution < 1.29 is 19.5 Å². The Morgan fingerprint density at radius 1 is 1.25 bits per heavy atom. The maximum Gasteiger partial charge on any atom is 0.321 e. The van der Waals surface area contributed by atoms with Crippen LogP contribution in [0.3, 0.4) is 0 Å². The molecule has 90 valence electrons. The Balaban J connectivity index is 2.13. The molecule has 1 aliphatic rings. The summed E-state index contributed by atoms with van der Waals surface area (Å²) in [6.07, 6.45) is 1.41. The van der Waals surface area contributed by atoms with E-state index in [0.717, 1.165) is 12.8 Å². The van der Waals surface area contributed by atoms with Crippen molar-refractivity contribution in [2.45, 2.75) is 38.6 Å². The van der Waals surface area contributed by atoms with E-state index in [4.69, 9.17) is 5.11 Å². The van der Waals surface area contributed by atoms with Gasteiger partial charge in [-0.3, -0.25) is 14.9 Å². The minimum Gasteiger partial charge on any atom is -0.481 e. The molecule has 0 saturated heterocycles. The monoisotopic (exact) mass is 228 g/mol. The first-order valence-corrected chi connectivity index (χ1v) is 5.29. The molecule has 0 spiro atoms. The summed E-state index contributed by atoms with van der Waals surface area (Å²) in [4.78, 5) is 32.5. The van der Waals surface area contributed by atoms with Crippen LogP contribution in [0, 0.1) is 5.92 Å². The Kier molecular flexibility index (Phi) is 4.28. The van der Waals surface area contributed by atoms with E-state index in [-0.39, 0.29) is 18.9 Å². The Hall–Kier alpha value is -1.59. The smallest absolute Gasteiger partial charge is 0.321 e. The van der Waals surface area contributed by atoms with Crippen molar-refractivity contribution >= 4 is 17.9 Å². The fraction of sp³-hybridized carbons (Fsp3) is 0.700. The summed E-state index contributed by atoms with van der Waals surface area (Å²) in [6.45, 7) is 2.09. The van der Waals surface area contributed by atoms with E-state index in [2.05, 4.69) is 17.6 Å². The average molecular weight is 228 g/mol.